The van der Waals surface area contributed by atoms with Gasteiger partial charge in [0.1, 0.15) is 5.75 Å². The van der Waals surface area contributed by atoms with E-state index in [2.05, 4.69) is 10.3 Å². The molecule has 0 radical (unpaired) electrons. The van der Waals surface area contributed by atoms with E-state index in [-0.39, 0.29) is 5.97 Å². The molecular weight excluding hydrogens is 270 g/mol. The van der Waals surface area contributed by atoms with Gasteiger partial charge < -0.3 is 9.47 Å². The lowest BCUT2D eigenvalue weighted by molar-refractivity contribution is 0.0511. The van der Waals surface area contributed by atoms with Gasteiger partial charge >= 0.3 is 5.97 Å². The Morgan fingerprint density at radius 3 is 2.52 bits per heavy atom. The van der Waals surface area contributed by atoms with Crippen LogP contribution >= 0.6 is 0 Å². The maximum atomic E-state index is 12.1. The number of aryl methyl sites for hydroxylation is 1. The zero-order valence-electron chi connectivity index (χ0n) is 12.5. The first-order valence-electron chi connectivity index (χ1n) is 6.92. The number of carbonyl (C=O) groups excluding carboxylic acids is 1. The summed E-state index contributed by atoms with van der Waals surface area (Å²) in [5, 5.41) is 8.12. The molecule has 1 aromatic heterocycles. The van der Waals surface area contributed by atoms with Crippen molar-refractivity contribution in [2.45, 2.75) is 26.8 Å². The predicted octanol–water partition coefficient (Wildman–Crippen LogP) is 2.07. The van der Waals surface area contributed by atoms with E-state index in [9.17, 15) is 4.79 Å². The van der Waals surface area contributed by atoms with Crippen molar-refractivity contribution in [1.82, 2.24) is 15.0 Å². The Morgan fingerprint density at radius 2 is 1.95 bits per heavy atom. The number of hydrogen-bond donors (Lipinski definition) is 0. The van der Waals surface area contributed by atoms with Crippen LogP contribution in [-0.2, 0) is 17.7 Å². The SMILES string of the molecule is CCOC(=O)c1c(CC)nnn1Cc1ccc(OC)cc1. The van der Waals surface area contributed by atoms with E-state index in [1.54, 1.807) is 18.7 Å². The lowest BCUT2D eigenvalue weighted by atomic mass is 10.2. The number of methoxy groups -OCH3 is 1. The summed E-state index contributed by atoms with van der Waals surface area (Å²) in [5.74, 6) is 0.407. The van der Waals surface area contributed by atoms with Gasteiger partial charge in [0.2, 0.25) is 0 Å². The van der Waals surface area contributed by atoms with Crippen LogP contribution in [0.3, 0.4) is 0 Å². The highest BCUT2D eigenvalue weighted by Gasteiger charge is 2.20. The van der Waals surface area contributed by atoms with Crippen molar-refractivity contribution in [3.8, 4) is 5.75 Å². The average Bonchev–Trinajstić information content (AvgIpc) is 2.91. The van der Waals surface area contributed by atoms with Crippen LogP contribution in [0.4, 0.5) is 0 Å². The minimum Gasteiger partial charge on any atom is -0.497 e. The summed E-state index contributed by atoms with van der Waals surface area (Å²) in [6, 6.07) is 7.61. The number of hydrogen-bond acceptors (Lipinski definition) is 5. The molecule has 6 nitrogen and oxygen atoms in total. The number of carbonyl (C=O) groups is 1. The Bertz CT molecular complexity index is 605. The van der Waals surface area contributed by atoms with Gasteiger partial charge in [-0.15, -0.1) is 5.10 Å². The predicted molar refractivity (Wildman–Crippen MR) is 77.5 cm³/mol. The molecule has 0 unspecified atom stereocenters. The molecule has 0 saturated heterocycles. The zero-order chi connectivity index (χ0) is 15.2. The highest BCUT2D eigenvalue weighted by molar-refractivity contribution is 5.88. The minimum atomic E-state index is -0.382. The summed E-state index contributed by atoms with van der Waals surface area (Å²) in [7, 11) is 1.62. The maximum absolute atomic E-state index is 12.1. The van der Waals surface area contributed by atoms with Crippen LogP contribution in [0, 0.1) is 0 Å². The summed E-state index contributed by atoms with van der Waals surface area (Å²) >= 11 is 0. The fourth-order valence-electron chi connectivity index (χ4n) is 2.02. The second-order valence-electron chi connectivity index (χ2n) is 4.46. The Hall–Kier alpha value is -2.37. The number of ether oxygens (including phenoxy) is 2. The van der Waals surface area contributed by atoms with E-state index in [4.69, 9.17) is 9.47 Å². The van der Waals surface area contributed by atoms with Crippen molar-refractivity contribution in [2.24, 2.45) is 0 Å². The van der Waals surface area contributed by atoms with Crippen LogP contribution in [0.5, 0.6) is 5.75 Å². The molecule has 0 spiro atoms. The Kier molecular flexibility index (Phi) is 4.92. The number of rotatable bonds is 6. The van der Waals surface area contributed by atoms with E-state index in [0.717, 1.165) is 11.3 Å². The van der Waals surface area contributed by atoms with Gasteiger partial charge in [0, 0.05) is 0 Å². The Morgan fingerprint density at radius 1 is 1.24 bits per heavy atom. The summed E-state index contributed by atoms with van der Waals surface area (Å²) in [5.41, 5.74) is 2.09. The molecular formula is C15H19N3O3. The fraction of sp³-hybridized carbons (Fsp3) is 0.400. The second-order valence-corrected chi connectivity index (χ2v) is 4.46. The minimum absolute atomic E-state index is 0.329. The van der Waals surface area contributed by atoms with E-state index in [1.165, 1.54) is 0 Å². The standard InChI is InChI=1S/C15H19N3O3/c1-4-13-14(15(19)21-5-2)18(17-16-13)10-11-6-8-12(20-3)9-7-11/h6-9H,4-5,10H2,1-3H3. The Balaban J connectivity index is 2.26. The van der Waals surface area contributed by atoms with Crippen LogP contribution < -0.4 is 4.74 Å². The van der Waals surface area contributed by atoms with Crippen molar-refractivity contribution in [2.75, 3.05) is 13.7 Å². The van der Waals surface area contributed by atoms with Gasteiger partial charge in [0.15, 0.2) is 5.69 Å². The number of aromatic nitrogens is 3. The zero-order valence-corrected chi connectivity index (χ0v) is 12.5. The molecule has 1 aromatic carbocycles. The van der Waals surface area contributed by atoms with E-state index >= 15 is 0 Å². The molecule has 2 aromatic rings. The molecule has 0 bridgehead atoms. The molecule has 1 heterocycles. The summed E-state index contributed by atoms with van der Waals surface area (Å²) in [6.07, 6.45) is 0.636. The van der Waals surface area contributed by atoms with Crippen LogP contribution in [-0.4, -0.2) is 34.7 Å². The molecule has 0 atom stereocenters. The summed E-state index contributed by atoms with van der Waals surface area (Å²) < 4.78 is 11.8. The number of nitrogens with zero attached hydrogens (tertiary/aromatic N) is 3. The first kappa shape index (κ1) is 15.0. The summed E-state index contributed by atoms with van der Waals surface area (Å²) in [4.78, 5) is 12.1. The summed E-state index contributed by atoms with van der Waals surface area (Å²) in [6.45, 7) is 4.51. The van der Waals surface area contributed by atoms with Crippen molar-refractivity contribution in [1.29, 1.82) is 0 Å². The second kappa shape index (κ2) is 6.88. The molecule has 0 aliphatic carbocycles. The van der Waals surface area contributed by atoms with Gasteiger partial charge in [-0.3, -0.25) is 0 Å². The van der Waals surface area contributed by atoms with Crippen molar-refractivity contribution >= 4 is 5.97 Å². The average molecular weight is 289 g/mol. The number of esters is 1. The molecule has 21 heavy (non-hydrogen) atoms. The fourth-order valence-corrected chi connectivity index (χ4v) is 2.02. The third-order valence-corrected chi connectivity index (χ3v) is 3.10. The monoisotopic (exact) mass is 289 g/mol. The molecule has 112 valence electrons. The highest BCUT2D eigenvalue weighted by atomic mass is 16.5. The molecule has 0 aliphatic rings. The smallest absolute Gasteiger partial charge is 0.358 e. The molecule has 0 aliphatic heterocycles. The van der Waals surface area contributed by atoms with Gasteiger partial charge in [-0.1, -0.05) is 24.3 Å². The van der Waals surface area contributed by atoms with Crippen LogP contribution in [0.2, 0.25) is 0 Å². The lowest BCUT2D eigenvalue weighted by Crippen LogP contribution is -2.15. The van der Waals surface area contributed by atoms with E-state index in [0.29, 0.717) is 31.0 Å². The molecule has 0 N–H and O–H groups in total. The van der Waals surface area contributed by atoms with Crippen molar-refractivity contribution in [3.05, 3.63) is 41.2 Å². The molecule has 0 fully saturated rings. The topological polar surface area (TPSA) is 66.2 Å². The van der Waals surface area contributed by atoms with Gasteiger partial charge in [-0.25, -0.2) is 9.48 Å². The molecule has 0 amide bonds. The third kappa shape index (κ3) is 3.39. The first-order valence-corrected chi connectivity index (χ1v) is 6.92. The van der Waals surface area contributed by atoms with Crippen molar-refractivity contribution < 1.29 is 14.3 Å². The van der Waals surface area contributed by atoms with Gasteiger partial charge in [0.05, 0.1) is 26.0 Å². The maximum Gasteiger partial charge on any atom is 0.358 e. The van der Waals surface area contributed by atoms with E-state index < -0.39 is 0 Å². The van der Waals surface area contributed by atoms with Gasteiger partial charge in [-0.05, 0) is 31.0 Å². The highest BCUT2D eigenvalue weighted by Crippen LogP contribution is 2.14. The van der Waals surface area contributed by atoms with E-state index in [1.807, 2.05) is 31.2 Å². The van der Waals surface area contributed by atoms with Gasteiger partial charge in [0.25, 0.3) is 0 Å². The lowest BCUT2D eigenvalue weighted by Gasteiger charge is -2.08. The van der Waals surface area contributed by atoms with Crippen LogP contribution in [0.25, 0.3) is 0 Å². The quantitative estimate of drug-likeness (QED) is 0.762. The van der Waals surface area contributed by atoms with Gasteiger partial charge in [-0.2, -0.15) is 0 Å². The molecule has 0 saturated carbocycles. The normalized spacial score (nSPS) is 10.4. The molecule has 6 heteroatoms. The Labute approximate surface area is 123 Å². The van der Waals surface area contributed by atoms with Crippen LogP contribution in [0.15, 0.2) is 24.3 Å². The largest absolute Gasteiger partial charge is 0.497 e. The van der Waals surface area contributed by atoms with Crippen LogP contribution in [0.1, 0.15) is 35.6 Å². The number of benzene rings is 1. The van der Waals surface area contributed by atoms with Crippen molar-refractivity contribution in [3.63, 3.8) is 0 Å². The first-order chi connectivity index (χ1) is 10.2. The molecule has 2 rings (SSSR count). The third-order valence-electron chi connectivity index (χ3n) is 3.10.